The highest BCUT2D eigenvalue weighted by atomic mass is 16.4. The Morgan fingerprint density at radius 3 is 2.43 bits per heavy atom. The summed E-state index contributed by atoms with van der Waals surface area (Å²) >= 11 is 0. The zero-order valence-corrected chi connectivity index (χ0v) is 12.8. The average Bonchev–Trinajstić information content (AvgIpc) is 2.48. The van der Waals surface area contributed by atoms with Gasteiger partial charge in [-0.15, -0.1) is 0 Å². The molecule has 0 bridgehead atoms. The van der Waals surface area contributed by atoms with Gasteiger partial charge in [-0.1, -0.05) is 18.2 Å². The number of carbonyl (C=O) groups excluding carboxylic acids is 1. The first kappa shape index (κ1) is 15.5. The highest BCUT2D eigenvalue weighted by Crippen LogP contribution is 2.19. The molecule has 4 heteroatoms. The highest BCUT2D eigenvalue weighted by molar-refractivity contribution is 5.77. The Hall–Kier alpha value is -1.84. The summed E-state index contributed by atoms with van der Waals surface area (Å²) in [5.41, 5.74) is 3.70. The second-order valence-electron chi connectivity index (χ2n) is 5.91. The number of hydrogen-bond donors (Lipinski definition) is 1. The van der Waals surface area contributed by atoms with Crippen LogP contribution in [-0.2, 0) is 16.0 Å². The lowest BCUT2D eigenvalue weighted by Crippen LogP contribution is -2.40. The van der Waals surface area contributed by atoms with Crippen LogP contribution in [0, 0.1) is 19.8 Å². The molecule has 0 spiro atoms. The van der Waals surface area contributed by atoms with Crippen molar-refractivity contribution in [3.63, 3.8) is 0 Å². The summed E-state index contributed by atoms with van der Waals surface area (Å²) in [7, 11) is 0. The van der Waals surface area contributed by atoms with Gasteiger partial charge in [-0.25, -0.2) is 0 Å². The lowest BCUT2D eigenvalue weighted by atomic mass is 9.96. The number of carboxylic acids is 1. The standard InChI is InChI=1S/C17H23NO3/c1-12-3-4-14(11-13(12)2)5-6-16(19)18-9-7-15(8-10-18)17(20)21/h3-4,11,15H,5-10H2,1-2H3,(H,20,21). The molecule has 0 aromatic heterocycles. The number of aliphatic carboxylic acids is 1. The van der Waals surface area contributed by atoms with Crippen LogP contribution in [0.1, 0.15) is 36.0 Å². The molecular formula is C17H23NO3. The fourth-order valence-corrected chi connectivity index (χ4v) is 2.74. The van der Waals surface area contributed by atoms with Gasteiger partial charge in [0.2, 0.25) is 5.91 Å². The van der Waals surface area contributed by atoms with E-state index in [0.717, 1.165) is 6.42 Å². The molecule has 1 aliphatic heterocycles. The van der Waals surface area contributed by atoms with Crippen LogP contribution in [0.15, 0.2) is 18.2 Å². The zero-order valence-electron chi connectivity index (χ0n) is 12.8. The van der Waals surface area contributed by atoms with Crippen molar-refractivity contribution in [2.24, 2.45) is 5.92 Å². The molecule has 114 valence electrons. The molecule has 1 heterocycles. The van der Waals surface area contributed by atoms with Gasteiger partial charge in [-0.3, -0.25) is 9.59 Å². The highest BCUT2D eigenvalue weighted by Gasteiger charge is 2.26. The Bertz CT molecular complexity index is 531. The number of likely N-dealkylation sites (tertiary alicyclic amines) is 1. The molecule has 1 aromatic carbocycles. The number of rotatable bonds is 4. The molecule has 21 heavy (non-hydrogen) atoms. The van der Waals surface area contributed by atoms with E-state index in [1.54, 1.807) is 4.90 Å². The van der Waals surface area contributed by atoms with E-state index in [2.05, 4.69) is 32.0 Å². The third-order valence-electron chi connectivity index (χ3n) is 4.40. The molecule has 0 unspecified atom stereocenters. The zero-order chi connectivity index (χ0) is 15.4. The smallest absolute Gasteiger partial charge is 0.306 e. The Morgan fingerprint density at radius 2 is 1.86 bits per heavy atom. The third kappa shape index (κ3) is 4.06. The van der Waals surface area contributed by atoms with Crippen molar-refractivity contribution in [1.82, 2.24) is 4.90 Å². The normalized spacial score (nSPS) is 16.0. The predicted octanol–water partition coefficient (Wildman–Crippen LogP) is 2.56. The fourth-order valence-electron chi connectivity index (χ4n) is 2.74. The molecule has 1 aromatic rings. The van der Waals surface area contributed by atoms with Crippen LogP contribution in [0.5, 0.6) is 0 Å². The molecule has 2 rings (SSSR count). The van der Waals surface area contributed by atoms with Crippen LogP contribution in [0.3, 0.4) is 0 Å². The first-order valence-corrected chi connectivity index (χ1v) is 7.54. The SMILES string of the molecule is Cc1ccc(CCC(=O)N2CCC(C(=O)O)CC2)cc1C. The van der Waals surface area contributed by atoms with Crippen molar-refractivity contribution in [2.75, 3.05) is 13.1 Å². The molecule has 0 atom stereocenters. The van der Waals surface area contributed by atoms with E-state index in [-0.39, 0.29) is 11.8 Å². The van der Waals surface area contributed by atoms with E-state index < -0.39 is 5.97 Å². The molecule has 1 fully saturated rings. The van der Waals surface area contributed by atoms with E-state index in [9.17, 15) is 9.59 Å². The van der Waals surface area contributed by atoms with Crippen LogP contribution in [0.4, 0.5) is 0 Å². The number of hydrogen-bond acceptors (Lipinski definition) is 2. The van der Waals surface area contributed by atoms with Crippen LogP contribution < -0.4 is 0 Å². The summed E-state index contributed by atoms with van der Waals surface area (Å²) < 4.78 is 0. The Labute approximate surface area is 125 Å². The summed E-state index contributed by atoms with van der Waals surface area (Å²) in [6, 6.07) is 6.30. The van der Waals surface area contributed by atoms with Gasteiger partial charge in [0.25, 0.3) is 0 Å². The maximum atomic E-state index is 12.2. The minimum atomic E-state index is -0.739. The van der Waals surface area contributed by atoms with E-state index in [4.69, 9.17) is 5.11 Å². The van der Waals surface area contributed by atoms with Gasteiger partial charge in [-0.05, 0) is 49.8 Å². The second kappa shape index (κ2) is 6.74. The van der Waals surface area contributed by atoms with Gasteiger partial charge in [0, 0.05) is 19.5 Å². The van der Waals surface area contributed by atoms with Crippen molar-refractivity contribution in [3.05, 3.63) is 34.9 Å². The van der Waals surface area contributed by atoms with Crippen molar-refractivity contribution in [2.45, 2.75) is 39.5 Å². The van der Waals surface area contributed by atoms with Crippen LogP contribution in [-0.4, -0.2) is 35.0 Å². The monoisotopic (exact) mass is 289 g/mol. The lowest BCUT2D eigenvalue weighted by Gasteiger charge is -2.30. The number of carbonyl (C=O) groups is 2. The van der Waals surface area contributed by atoms with E-state index in [0.29, 0.717) is 32.4 Å². The number of piperidine rings is 1. The third-order valence-corrected chi connectivity index (χ3v) is 4.40. The lowest BCUT2D eigenvalue weighted by molar-refractivity contribution is -0.145. The Kier molecular flexibility index (Phi) is 4.99. The molecule has 1 amide bonds. The second-order valence-corrected chi connectivity index (χ2v) is 5.91. The molecule has 0 radical (unpaired) electrons. The summed E-state index contributed by atoms with van der Waals surface area (Å²) in [6.45, 7) is 5.31. The summed E-state index contributed by atoms with van der Waals surface area (Å²) in [6.07, 6.45) is 2.40. The molecule has 1 saturated heterocycles. The van der Waals surface area contributed by atoms with Crippen molar-refractivity contribution in [3.8, 4) is 0 Å². The minimum absolute atomic E-state index is 0.136. The number of aryl methyl sites for hydroxylation is 3. The largest absolute Gasteiger partial charge is 0.481 e. The molecule has 1 N–H and O–H groups in total. The van der Waals surface area contributed by atoms with Crippen LogP contribution >= 0.6 is 0 Å². The maximum absolute atomic E-state index is 12.2. The van der Waals surface area contributed by atoms with Gasteiger partial charge in [-0.2, -0.15) is 0 Å². The first-order valence-electron chi connectivity index (χ1n) is 7.54. The van der Waals surface area contributed by atoms with Crippen LogP contribution in [0.2, 0.25) is 0 Å². The Balaban J connectivity index is 1.82. The number of nitrogens with zero attached hydrogens (tertiary/aromatic N) is 1. The van der Waals surface area contributed by atoms with Gasteiger partial charge in [0.15, 0.2) is 0 Å². The van der Waals surface area contributed by atoms with Gasteiger partial charge in [0.1, 0.15) is 0 Å². The predicted molar refractivity (Wildman–Crippen MR) is 81.2 cm³/mol. The van der Waals surface area contributed by atoms with Crippen molar-refractivity contribution >= 4 is 11.9 Å². The molecule has 4 nitrogen and oxygen atoms in total. The number of amides is 1. The average molecular weight is 289 g/mol. The van der Waals surface area contributed by atoms with Gasteiger partial charge >= 0.3 is 5.97 Å². The van der Waals surface area contributed by atoms with E-state index in [1.165, 1.54) is 16.7 Å². The quantitative estimate of drug-likeness (QED) is 0.926. The van der Waals surface area contributed by atoms with Gasteiger partial charge in [0.05, 0.1) is 5.92 Å². The topological polar surface area (TPSA) is 57.6 Å². The number of carboxylic acid groups (broad SMARTS) is 1. The molecule has 1 aliphatic rings. The summed E-state index contributed by atoms with van der Waals surface area (Å²) in [5.74, 6) is -0.886. The fraction of sp³-hybridized carbons (Fsp3) is 0.529. The van der Waals surface area contributed by atoms with Gasteiger partial charge < -0.3 is 10.0 Å². The molecule has 0 saturated carbocycles. The summed E-state index contributed by atoms with van der Waals surface area (Å²) in [4.78, 5) is 24.9. The molecule has 0 aliphatic carbocycles. The van der Waals surface area contributed by atoms with Crippen molar-refractivity contribution in [1.29, 1.82) is 0 Å². The number of benzene rings is 1. The minimum Gasteiger partial charge on any atom is -0.481 e. The Morgan fingerprint density at radius 1 is 1.19 bits per heavy atom. The summed E-state index contributed by atoms with van der Waals surface area (Å²) in [5, 5.41) is 8.96. The van der Waals surface area contributed by atoms with E-state index >= 15 is 0 Å². The van der Waals surface area contributed by atoms with Crippen LogP contribution in [0.25, 0.3) is 0 Å². The van der Waals surface area contributed by atoms with E-state index in [1.807, 2.05) is 0 Å². The molecular weight excluding hydrogens is 266 g/mol. The first-order chi connectivity index (χ1) is 9.97. The van der Waals surface area contributed by atoms with Crippen molar-refractivity contribution < 1.29 is 14.7 Å². The maximum Gasteiger partial charge on any atom is 0.306 e.